The number of rotatable bonds is 3. The van der Waals surface area contributed by atoms with Crippen molar-refractivity contribution in [2.24, 2.45) is 5.73 Å². The summed E-state index contributed by atoms with van der Waals surface area (Å²) in [6.45, 7) is 1.97. The quantitative estimate of drug-likeness (QED) is 0.846. The van der Waals surface area contributed by atoms with Gasteiger partial charge in [0.1, 0.15) is 0 Å². The Labute approximate surface area is 121 Å². The van der Waals surface area contributed by atoms with Crippen LogP contribution in [-0.4, -0.2) is 0 Å². The van der Waals surface area contributed by atoms with Crippen molar-refractivity contribution in [1.29, 1.82) is 0 Å². The first kappa shape index (κ1) is 13.8. The lowest BCUT2D eigenvalue weighted by Crippen LogP contribution is -2.05. The standard InChI is InChI=1S/C14H13Cl2NS/c1-9(17)11-4-2-3-5-13(11)18-14-8-10(15)6-7-12(14)16/h2-9H,17H2,1H3/t9-/m0/s1. The van der Waals surface area contributed by atoms with Crippen LogP contribution in [0.3, 0.4) is 0 Å². The van der Waals surface area contributed by atoms with Gasteiger partial charge < -0.3 is 5.73 Å². The molecule has 1 atom stereocenters. The van der Waals surface area contributed by atoms with Gasteiger partial charge in [-0.3, -0.25) is 0 Å². The van der Waals surface area contributed by atoms with Crippen molar-refractivity contribution in [2.75, 3.05) is 0 Å². The van der Waals surface area contributed by atoms with Gasteiger partial charge in [0.15, 0.2) is 0 Å². The van der Waals surface area contributed by atoms with Crippen molar-refractivity contribution in [1.82, 2.24) is 0 Å². The molecular weight excluding hydrogens is 285 g/mol. The highest BCUT2D eigenvalue weighted by atomic mass is 35.5. The van der Waals surface area contributed by atoms with E-state index in [1.54, 1.807) is 23.9 Å². The second-order valence-electron chi connectivity index (χ2n) is 4.00. The Morgan fingerprint density at radius 1 is 1.06 bits per heavy atom. The van der Waals surface area contributed by atoms with Gasteiger partial charge in [0.05, 0.1) is 5.02 Å². The van der Waals surface area contributed by atoms with E-state index in [9.17, 15) is 0 Å². The van der Waals surface area contributed by atoms with Crippen molar-refractivity contribution >= 4 is 35.0 Å². The van der Waals surface area contributed by atoms with Crippen LogP contribution in [0.15, 0.2) is 52.3 Å². The van der Waals surface area contributed by atoms with Crippen molar-refractivity contribution in [3.63, 3.8) is 0 Å². The van der Waals surface area contributed by atoms with Gasteiger partial charge in [-0.1, -0.05) is 53.2 Å². The van der Waals surface area contributed by atoms with Gasteiger partial charge in [-0.2, -0.15) is 0 Å². The van der Waals surface area contributed by atoms with E-state index in [1.807, 2.05) is 37.3 Å². The van der Waals surface area contributed by atoms with E-state index in [1.165, 1.54) is 0 Å². The molecule has 0 aliphatic rings. The van der Waals surface area contributed by atoms with Gasteiger partial charge >= 0.3 is 0 Å². The molecule has 0 heterocycles. The van der Waals surface area contributed by atoms with Crippen LogP contribution < -0.4 is 5.73 Å². The summed E-state index contributed by atoms with van der Waals surface area (Å²) in [5, 5.41) is 1.38. The zero-order valence-electron chi connectivity index (χ0n) is 9.86. The van der Waals surface area contributed by atoms with Crippen LogP contribution in [0.25, 0.3) is 0 Å². The molecule has 0 saturated carbocycles. The summed E-state index contributed by atoms with van der Waals surface area (Å²) in [5.41, 5.74) is 7.07. The molecular formula is C14H13Cl2NS. The van der Waals surface area contributed by atoms with Crippen LogP contribution in [0.2, 0.25) is 10.0 Å². The molecule has 2 aromatic rings. The van der Waals surface area contributed by atoms with Crippen molar-refractivity contribution in [3.8, 4) is 0 Å². The molecule has 0 aliphatic carbocycles. The summed E-state index contributed by atoms with van der Waals surface area (Å²) in [6.07, 6.45) is 0. The molecule has 0 radical (unpaired) electrons. The van der Waals surface area contributed by atoms with Gasteiger partial charge in [-0.25, -0.2) is 0 Å². The molecule has 0 aromatic heterocycles. The molecule has 1 nitrogen and oxygen atoms in total. The molecule has 0 fully saturated rings. The Morgan fingerprint density at radius 2 is 1.78 bits per heavy atom. The largest absolute Gasteiger partial charge is 0.324 e. The fourth-order valence-corrected chi connectivity index (χ4v) is 3.20. The fraction of sp³-hybridized carbons (Fsp3) is 0.143. The minimum absolute atomic E-state index is 0.00772. The smallest absolute Gasteiger partial charge is 0.0546 e. The average molecular weight is 298 g/mol. The molecule has 94 valence electrons. The molecule has 18 heavy (non-hydrogen) atoms. The highest BCUT2D eigenvalue weighted by Gasteiger charge is 2.09. The van der Waals surface area contributed by atoms with Crippen LogP contribution in [0, 0.1) is 0 Å². The van der Waals surface area contributed by atoms with E-state index >= 15 is 0 Å². The normalized spacial score (nSPS) is 12.4. The maximum Gasteiger partial charge on any atom is 0.0546 e. The topological polar surface area (TPSA) is 26.0 Å². The summed E-state index contributed by atoms with van der Waals surface area (Å²) in [7, 11) is 0. The van der Waals surface area contributed by atoms with Crippen LogP contribution >= 0.6 is 35.0 Å². The highest BCUT2D eigenvalue weighted by molar-refractivity contribution is 7.99. The maximum absolute atomic E-state index is 6.17. The van der Waals surface area contributed by atoms with E-state index < -0.39 is 0 Å². The maximum atomic E-state index is 6.17. The van der Waals surface area contributed by atoms with Crippen molar-refractivity contribution in [3.05, 3.63) is 58.1 Å². The Kier molecular flexibility index (Phi) is 4.57. The molecule has 2 aromatic carbocycles. The molecule has 0 aliphatic heterocycles. The third-order valence-corrected chi connectivity index (χ3v) is 4.35. The first-order valence-electron chi connectivity index (χ1n) is 5.55. The van der Waals surface area contributed by atoms with Crippen molar-refractivity contribution < 1.29 is 0 Å². The number of halogens is 2. The van der Waals surface area contributed by atoms with Crippen LogP contribution in [0.4, 0.5) is 0 Å². The zero-order chi connectivity index (χ0) is 13.1. The zero-order valence-corrected chi connectivity index (χ0v) is 12.2. The van der Waals surface area contributed by atoms with E-state index in [2.05, 4.69) is 0 Å². The highest BCUT2D eigenvalue weighted by Crippen LogP contribution is 2.37. The first-order chi connectivity index (χ1) is 8.58. The van der Waals surface area contributed by atoms with E-state index in [0.717, 1.165) is 15.4 Å². The molecule has 0 bridgehead atoms. The summed E-state index contributed by atoms with van der Waals surface area (Å²) in [4.78, 5) is 2.05. The third-order valence-electron chi connectivity index (χ3n) is 2.52. The summed E-state index contributed by atoms with van der Waals surface area (Å²) in [5.74, 6) is 0. The van der Waals surface area contributed by atoms with E-state index in [4.69, 9.17) is 28.9 Å². The van der Waals surface area contributed by atoms with Gasteiger partial charge in [-0.15, -0.1) is 0 Å². The minimum Gasteiger partial charge on any atom is -0.324 e. The summed E-state index contributed by atoms with van der Waals surface area (Å²) >= 11 is 13.7. The summed E-state index contributed by atoms with van der Waals surface area (Å²) in [6, 6.07) is 13.5. The van der Waals surface area contributed by atoms with Crippen LogP contribution in [-0.2, 0) is 0 Å². The predicted octanol–water partition coefficient (Wildman–Crippen LogP) is 5.16. The molecule has 0 unspecified atom stereocenters. The first-order valence-corrected chi connectivity index (χ1v) is 7.12. The Bertz CT molecular complexity index is 555. The summed E-state index contributed by atoms with van der Waals surface area (Å²) < 4.78 is 0. The fourth-order valence-electron chi connectivity index (χ4n) is 1.62. The van der Waals surface area contributed by atoms with E-state index in [-0.39, 0.29) is 6.04 Å². The number of hydrogen-bond acceptors (Lipinski definition) is 2. The monoisotopic (exact) mass is 297 g/mol. The second kappa shape index (κ2) is 5.98. The molecule has 2 rings (SSSR count). The Balaban J connectivity index is 2.37. The van der Waals surface area contributed by atoms with E-state index in [0.29, 0.717) is 10.0 Å². The minimum atomic E-state index is -0.00772. The molecule has 0 amide bonds. The Morgan fingerprint density at radius 3 is 2.50 bits per heavy atom. The molecule has 0 saturated heterocycles. The second-order valence-corrected chi connectivity index (χ2v) is 5.93. The Hall–Kier alpha value is -0.670. The lowest BCUT2D eigenvalue weighted by molar-refractivity contribution is 0.797. The van der Waals surface area contributed by atoms with Gasteiger partial charge in [-0.05, 0) is 36.8 Å². The number of nitrogens with two attached hydrogens (primary N) is 1. The lowest BCUT2D eigenvalue weighted by atomic mass is 10.1. The van der Waals surface area contributed by atoms with Crippen LogP contribution in [0.5, 0.6) is 0 Å². The third kappa shape index (κ3) is 3.21. The van der Waals surface area contributed by atoms with Crippen LogP contribution in [0.1, 0.15) is 18.5 Å². The SMILES string of the molecule is C[C@H](N)c1ccccc1Sc1cc(Cl)ccc1Cl. The molecule has 0 spiro atoms. The van der Waals surface area contributed by atoms with Gasteiger partial charge in [0, 0.05) is 20.9 Å². The van der Waals surface area contributed by atoms with Gasteiger partial charge in [0.2, 0.25) is 0 Å². The molecule has 4 heteroatoms. The number of benzene rings is 2. The predicted molar refractivity (Wildman–Crippen MR) is 79.6 cm³/mol. The average Bonchev–Trinajstić information content (AvgIpc) is 2.34. The number of hydrogen-bond donors (Lipinski definition) is 1. The molecule has 2 N–H and O–H groups in total. The van der Waals surface area contributed by atoms with Gasteiger partial charge in [0.25, 0.3) is 0 Å². The van der Waals surface area contributed by atoms with Crippen molar-refractivity contribution in [2.45, 2.75) is 22.8 Å². The lowest BCUT2D eigenvalue weighted by Gasteiger charge is -2.12.